The number of carbonyl (C=O) groups excluding carboxylic acids is 2. The third kappa shape index (κ3) is 5.22. The molecular weight excluding hydrogens is 392 g/mol. The lowest BCUT2D eigenvalue weighted by Gasteiger charge is -2.23. The van der Waals surface area contributed by atoms with Gasteiger partial charge in [0, 0.05) is 18.3 Å². The van der Waals surface area contributed by atoms with Gasteiger partial charge in [0.25, 0.3) is 0 Å². The normalized spacial score (nSPS) is 11.8. The fraction of sp³-hybridized carbons (Fsp3) is 0.200. The van der Waals surface area contributed by atoms with Crippen molar-refractivity contribution >= 4 is 17.5 Å². The van der Waals surface area contributed by atoms with Gasteiger partial charge in [0.05, 0.1) is 6.42 Å². The molecule has 0 aliphatic carbocycles. The molecule has 0 unspecified atom stereocenters. The Hall–Kier alpha value is -3.80. The van der Waals surface area contributed by atoms with E-state index in [2.05, 4.69) is 5.32 Å². The fourth-order valence-electron chi connectivity index (χ4n) is 3.46. The molecule has 0 atom stereocenters. The van der Waals surface area contributed by atoms with Crippen LogP contribution in [0.5, 0.6) is 11.5 Å². The molecule has 158 valence electrons. The molecule has 0 fully saturated rings. The summed E-state index contributed by atoms with van der Waals surface area (Å²) in [5, 5.41) is 2.85. The van der Waals surface area contributed by atoms with Crippen LogP contribution in [-0.2, 0) is 22.6 Å². The van der Waals surface area contributed by atoms with E-state index in [0.717, 1.165) is 16.7 Å². The van der Waals surface area contributed by atoms with Crippen molar-refractivity contribution < 1.29 is 19.1 Å². The average molecular weight is 416 g/mol. The summed E-state index contributed by atoms with van der Waals surface area (Å²) >= 11 is 0. The van der Waals surface area contributed by atoms with Crippen molar-refractivity contribution in [2.45, 2.75) is 19.9 Å². The van der Waals surface area contributed by atoms with Gasteiger partial charge in [-0.25, -0.2) is 0 Å². The molecule has 0 saturated carbocycles. The topological polar surface area (TPSA) is 67.9 Å². The Morgan fingerprint density at radius 1 is 0.935 bits per heavy atom. The van der Waals surface area contributed by atoms with Crippen LogP contribution in [0.2, 0.25) is 0 Å². The molecule has 0 saturated heterocycles. The molecular formula is C25H24N2O4. The summed E-state index contributed by atoms with van der Waals surface area (Å²) in [6, 6.07) is 22.7. The smallest absolute Gasteiger partial charge is 0.244 e. The van der Waals surface area contributed by atoms with Gasteiger partial charge in [0.2, 0.25) is 18.6 Å². The van der Waals surface area contributed by atoms with Crippen LogP contribution in [0.15, 0.2) is 72.8 Å². The summed E-state index contributed by atoms with van der Waals surface area (Å²) < 4.78 is 10.7. The molecule has 2 amide bonds. The predicted molar refractivity (Wildman–Crippen MR) is 118 cm³/mol. The number of ether oxygens (including phenoxy) is 2. The van der Waals surface area contributed by atoms with Gasteiger partial charge in [-0.15, -0.1) is 0 Å². The molecule has 0 radical (unpaired) electrons. The van der Waals surface area contributed by atoms with Crippen LogP contribution in [-0.4, -0.2) is 30.1 Å². The molecule has 1 aliphatic heterocycles. The second-order valence-corrected chi connectivity index (χ2v) is 7.45. The minimum atomic E-state index is -0.270. The summed E-state index contributed by atoms with van der Waals surface area (Å²) in [7, 11) is 0. The molecule has 1 aliphatic rings. The average Bonchev–Trinajstić information content (AvgIpc) is 3.23. The minimum absolute atomic E-state index is 0.0472. The van der Waals surface area contributed by atoms with E-state index in [4.69, 9.17) is 9.47 Å². The Bertz CT molecular complexity index is 1080. The molecule has 3 aromatic carbocycles. The number of hydrogen-bond donors (Lipinski definition) is 1. The van der Waals surface area contributed by atoms with E-state index in [1.54, 1.807) is 23.1 Å². The van der Waals surface area contributed by atoms with Crippen molar-refractivity contribution in [2.75, 3.05) is 18.7 Å². The number of nitrogens with zero attached hydrogens (tertiary/aromatic N) is 1. The summed E-state index contributed by atoms with van der Waals surface area (Å²) in [5.74, 6) is 0.871. The highest BCUT2D eigenvalue weighted by molar-refractivity contribution is 5.95. The van der Waals surface area contributed by atoms with E-state index < -0.39 is 0 Å². The van der Waals surface area contributed by atoms with Gasteiger partial charge in [-0.05, 0) is 35.7 Å². The maximum Gasteiger partial charge on any atom is 0.244 e. The first-order valence-electron chi connectivity index (χ1n) is 10.1. The van der Waals surface area contributed by atoms with E-state index in [1.165, 1.54) is 0 Å². The Morgan fingerprint density at radius 3 is 2.48 bits per heavy atom. The van der Waals surface area contributed by atoms with Crippen LogP contribution in [0, 0.1) is 6.92 Å². The van der Waals surface area contributed by atoms with Crippen LogP contribution in [0.4, 0.5) is 5.69 Å². The Morgan fingerprint density at radius 2 is 1.68 bits per heavy atom. The van der Waals surface area contributed by atoms with Crippen molar-refractivity contribution in [3.05, 3.63) is 89.5 Å². The van der Waals surface area contributed by atoms with E-state index in [0.29, 0.717) is 23.7 Å². The lowest BCUT2D eigenvalue weighted by Crippen LogP contribution is -2.38. The van der Waals surface area contributed by atoms with E-state index in [1.807, 2.05) is 61.5 Å². The quantitative estimate of drug-likeness (QED) is 0.634. The van der Waals surface area contributed by atoms with Gasteiger partial charge in [0.15, 0.2) is 11.5 Å². The van der Waals surface area contributed by atoms with Crippen molar-refractivity contribution in [1.29, 1.82) is 0 Å². The number of carbonyl (C=O) groups is 2. The maximum absolute atomic E-state index is 13.1. The molecule has 31 heavy (non-hydrogen) atoms. The van der Waals surface area contributed by atoms with Crippen molar-refractivity contribution in [1.82, 2.24) is 4.90 Å². The Kier molecular flexibility index (Phi) is 6.17. The highest BCUT2D eigenvalue weighted by Crippen LogP contribution is 2.34. The van der Waals surface area contributed by atoms with Gasteiger partial charge in [0.1, 0.15) is 6.54 Å². The first kappa shape index (κ1) is 20.5. The van der Waals surface area contributed by atoms with Crippen LogP contribution < -0.4 is 14.8 Å². The second kappa shape index (κ2) is 9.34. The van der Waals surface area contributed by atoms with Crippen LogP contribution in [0.25, 0.3) is 0 Å². The summed E-state index contributed by atoms with van der Waals surface area (Å²) in [6.07, 6.45) is 0.240. The van der Waals surface area contributed by atoms with Crippen LogP contribution >= 0.6 is 0 Å². The van der Waals surface area contributed by atoms with Crippen LogP contribution in [0.1, 0.15) is 16.7 Å². The fourth-order valence-corrected chi connectivity index (χ4v) is 3.46. The summed E-state index contributed by atoms with van der Waals surface area (Å²) in [6.45, 7) is 2.49. The first-order chi connectivity index (χ1) is 15.1. The predicted octanol–water partition coefficient (Wildman–Crippen LogP) is 3.93. The molecule has 4 rings (SSSR count). The number of fused-ring (bicyclic) bond motifs is 1. The number of benzene rings is 3. The SMILES string of the molecule is Cc1ccccc1CN(CC(=O)Nc1ccc2c(c1)OCO2)C(=O)Cc1ccccc1. The van der Waals surface area contributed by atoms with Gasteiger partial charge in [-0.1, -0.05) is 54.6 Å². The monoisotopic (exact) mass is 416 g/mol. The van der Waals surface area contributed by atoms with E-state index in [9.17, 15) is 9.59 Å². The molecule has 3 aromatic rings. The Balaban J connectivity index is 1.48. The summed E-state index contributed by atoms with van der Waals surface area (Å²) in [5.41, 5.74) is 3.61. The first-order valence-corrected chi connectivity index (χ1v) is 10.1. The largest absolute Gasteiger partial charge is 0.454 e. The van der Waals surface area contributed by atoms with Crippen LogP contribution in [0.3, 0.4) is 0 Å². The number of hydrogen-bond acceptors (Lipinski definition) is 4. The second-order valence-electron chi connectivity index (χ2n) is 7.45. The van der Waals surface area contributed by atoms with E-state index >= 15 is 0 Å². The zero-order valence-electron chi connectivity index (χ0n) is 17.3. The third-order valence-corrected chi connectivity index (χ3v) is 5.16. The third-order valence-electron chi connectivity index (χ3n) is 5.16. The highest BCUT2D eigenvalue weighted by atomic mass is 16.7. The standard InChI is InChI=1S/C25H24N2O4/c1-18-7-5-6-10-20(18)15-27(25(29)13-19-8-3-2-4-9-19)16-24(28)26-21-11-12-22-23(14-21)31-17-30-22/h2-12,14H,13,15-17H2,1H3,(H,26,28). The van der Waals surface area contributed by atoms with Gasteiger partial charge in [-0.2, -0.15) is 0 Å². The zero-order chi connectivity index (χ0) is 21.6. The molecule has 6 nitrogen and oxygen atoms in total. The number of aryl methyl sites for hydroxylation is 1. The number of nitrogens with one attached hydrogen (secondary N) is 1. The number of amides is 2. The zero-order valence-corrected chi connectivity index (χ0v) is 17.3. The van der Waals surface area contributed by atoms with Gasteiger partial charge in [-0.3, -0.25) is 9.59 Å². The van der Waals surface area contributed by atoms with Crippen molar-refractivity contribution in [2.24, 2.45) is 0 Å². The molecule has 1 heterocycles. The maximum atomic E-state index is 13.1. The van der Waals surface area contributed by atoms with Crippen molar-refractivity contribution in [3.63, 3.8) is 0 Å². The Labute approximate surface area is 181 Å². The lowest BCUT2D eigenvalue weighted by atomic mass is 10.1. The van der Waals surface area contributed by atoms with Gasteiger partial charge >= 0.3 is 0 Å². The molecule has 6 heteroatoms. The van der Waals surface area contributed by atoms with Crippen molar-refractivity contribution in [3.8, 4) is 11.5 Å². The number of rotatable bonds is 7. The lowest BCUT2D eigenvalue weighted by molar-refractivity contribution is -0.134. The molecule has 0 aromatic heterocycles. The summed E-state index contributed by atoms with van der Waals surface area (Å²) in [4.78, 5) is 27.5. The molecule has 0 bridgehead atoms. The van der Waals surface area contributed by atoms with E-state index in [-0.39, 0.29) is 31.6 Å². The number of anilines is 1. The minimum Gasteiger partial charge on any atom is -0.454 e. The van der Waals surface area contributed by atoms with Gasteiger partial charge < -0.3 is 19.7 Å². The highest BCUT2D eigenvalue weighted by Gasteiger charge is 2.20. The molecule has 1 N–H and O–H groups in total. The molecule has 0 spiro atoms.